The fourth-order valence-electron chi connectivity index (χ4n) is 3.18. The molecular formula is C17H23N3O2. The number of pyridine rings is 1. The Bertz CT molecular complexity index is 504. The lowest BCUT2D eigenvalue weighted by Crippen LogP contribution is -2.34. The Kier molecular flexibility index (Phi) is 5.38. The Morgan fingerprint density at radius 2 is 2.14 bits per heavy atom. The molecule has 0 aliphatic carbocycles. The molecule has 1 aromatic heterocycles. The third-order valence-corrected chi connectivity index (χ3v) is 4.36. The molecule has 2 aliphatic rings. The van der Waals surface area contributed by atoms with E-state index < -0.39 is 0 Å². The van der Waals surface area contributed by atoms with E-state index in [0.717, 1.165) is 64.2 Å². The molecule has 0 amide bonds. The molecule has 1 aromatic rings. The summed E-state index contributed by atoms with van der Waals surface area (Å²) < 4.78 is 11.7. The first-order chi connectivity index (χ1) is 10.8. The fourth-order valence-corrected chi connectivity index (χ4v) is 3.18. The zero-order valence-corrected chi connectivity index (χ0v) is 12.9. The van der Waals surface area contributed by atoms with Gasteiger partial charge in [-0.25, -0.2) is 0 Å². The highest BCUT2D eigenvalue weighted by atomic mass is 16.5. The van der Waals surface area contributed by atoms with E-state index in [2.05, 4.69) is 16.0 Å². The molecule has 3 heterocycles. The molecule has 0 radical (unpaired) electrons. The van der Waals surface area contributed by atoms with Gasteiger partial charge in [-0.1, -0.05) is 0 Å². The van der Waals surface area contributed by atoms with Gasteiger partial charge in [0, 0.05) is 44.6 Å². The maximum absolute atomic E-state index is 8.79. The Morgan fingerprint density at radius 3 is 2.95 bits per heavy atom. The lowest BCUT2D eigenvalue weighted by atomic mass is 10.1. The second-order valence-corrected chi connectivity index (χ2v) is 6.08. The van der Waals surface area contributed by atoms with Crippen LogP contribution < -0.4 is 0 Å². The summed E-state index contributed by atoms with van der Waals surface area (Å²) in [5.74, 6) is 0. The van der Waals surface area contributed by atoms with Crippen molar-refractivity contribution in [2.75, 3.05) is 32.8 Å². The van der Waals surface area contributed by atoms with Crippen LogP contribution in [-0.4, -0.2) is 54.9 Å². The third-order valence-electron chi connectivity index (χ3n) is 4.36. The fraction of sp³-hybridized carbons (Fsp3) is 0.647. The van der Waals surface area contributed by atoms with Gasteiger partial charge in [0.2, 0.25) is 0 Å². The van der Waals surface area contributed by atoms with Crippen molar-refractivity contribution in [1.29, 1.82) is 5.26 Å². The van der Waals surface area contributed by atoms with Gasteiger partial charge in [-0.15, -0.1) is 0 Å². The highest BCUT2D eigenvalue weighted by molar-refractivity contribution is 5.26. The predicted octanol–water partition coefficient (Wildman–Crippen LogP) is 1.77. The van der Waals surface area contributed by atoms with E-state index >= 15 is 0 Å². The van der Waals surface area contributed by atoms with Crippen LogP contribution in [0, 0.1) is 11.3 Å². The van der Waals surface area contributed by atoms with E-state index in [1.54, 1.807) is 6.20 Å². The van der Waals surface area contributed by atoms with E-state index in [9.17, 15) is 0 Å². The lowest BCUT2D eigenvalue weighted by molar-refractivity contribution is 0.0224. The van der Waals surface area contributed by atoms with E-state index in [1.165, 1.54) is 0 Å². The summed E-state index contributed by atoms with van der Waals surface area (Å²) in [5, 5.41) is 8.79. The summed E-state index contributed by atoms with van der Waals surface area (Å²) in [4.78, 5) is 6.80. The van der Waals surface area contributed by atoms with Gasteiger partial charge in [0.15, 0.2) is 0 Å². The molecule has 2 fully saturated rings. The summed E-state index contributed by atoms with van der Waals surface area (Å²) in [5.41, 5.74) is 1.62. The van der Waals surface area contributed by atoms with Crippen LogP contribution in [0.3, 0.4) is 0 Å². The normalized spacial score (nSPS) is 26.5. The monoisotopic (exact) mass is 301 g/mol. The van der Waals surface area contributed by atoms with Gasteiger partial charge in [0.1, 0.15) is 6.07 Å². The quantitative estimate of drug-likeness (QED) is 0.848. The van der Waals surface area contributed by atoms with Gasteiger partial charge in [0.05, 0.1) is 24.4 Å². The van der Waals surface area contributed by atoms with Crippen LogP contribution in [0.4, 0.5) is 0 Å². The zero-order valence-electron chi connectivity index (χ0n) is 12.9. The molecular weight excluding hydrogens is 278 g/mol. The topological polar surface area (TPSA) is 58.4 Å². The van der Waals surface area contributed by atoms with Crippen LogP contribution in [0.15, 0.2) is 18.3 Å². The van der Waals surface area contributed by atoms with Gasteiger partial charge in [-0.2, -0.15) is 5.26 Å². The maximum Gasteiger partial charge on any atom is 0.101 e. The third kappa shape index (κ3) is 4.26. The van der Waals surface area contributed by atoms with Crippen molar-refractivity contribution >= 4 is 0 Å². The van der Waals surface area contributed by atoms with Crippen molar-refractivity contribution in [3.05, 3.63) is 29.6 Å². The van der Waals surface area contributed by atoms with Gasteiger partial charge >= 0.3 is 0 Å². The molecule has 5 nitrogen and oxygen atoms in total. The summed E-state index contributed by atoms with van der Waals surface area (Å²) in [7, 11) is 0. The Balaban J connectivity index is 1.46. The van der Waals surface area contributed by atoms with Gasteiger partial charge in [-0.05, 0) is 31.4 Å². The highest BCUT2D eigenvalue weighted by Gasteiger charge is 2.27. The SMILES string of the molecule is N#Cc1ccc(C[C@@H]2CC[C@H](CN3CCCOCC3)O2)nc1. The van der Waals surface area contributed by atoms with Crippen molar-refractivity contribution in [3.63, 3.8) is 0 Å². The minimum atomic E-state index is 0.258. The van der Waals surface area contributed by atoms with Crippen LogP contribution in [0.25, 0.3) is 0 Å². The molecule has 2 aliphatic heterocycles. The van der Waals surface area contributed by atoms with Crippen molar-refractivity contribution in [1.82, 2.24) is 9.88 Å². The van der Waals surface area contributed by atoms with Crippen molar-refractivity contribution in [2.24, 2.45) is 0 Å². The average molecular weight is 301 g/mol. The molecule has 2 saturated heterocycles. The number of aromatic nitrogens is 1. The van der Waals surface area contributed by atoms with Gasteiger partial charge < -0.3 is 9.47 Å². The zero-order chi connectivity index (χ0) is 15.2. The van der Waals surface area contributed by atoms with E-state index in [-0.39, 0.29) is 6.10 Å². The van der Waals surface area contributed by atoms with E-state index in [0.29, 0.717) is 11.7 Å². The number of hydrogen-bond donors (Lipinski definition) is 0. The number of nitriles is 1. The van der Waals surface area contributed by atoms with Crippen molar-refractivity contribution in [2.45, 2.75) is 37.9 Å². The molecule has 0 aromatic carbocycles. The minimum Gasteiger partial charge on any atom is -0.380 e. The first-order valence-electron chi connectivity index (χ1n) is 8.14. The number of nitrogens with zero attached hydrogens (tertiary/aromatic N) is 3. The van der Waals surface area contributed by atoms with Crippen LogP contribution in [-0.2, 0) is 15.9 Å². The predicted molar refractivity (Wildman–Crippen MR) is 82.4 cm³/mol. The summed E-state index contributed by atoms with van der Waals surface area (Å²) >= 11 is 0. The second kappa shape index (κ2) is 7.68. The molecule has 0 N–H and O–H groups in total. The van der Waals surface area contributed by atoms with Gasteiger partial charge in [-0.3, -0.25) is 9.88 Å². The lowest BCUT2D eigenvalue weighted by Gasteiger charge is -2.23. The molecule has 3 rings (SSSR count). The average Bonchev–Trinajstić information content (AvgIpc) is 2.81. The Morgan fingerprint density at radius 1 is 1.23 bits per heavy atom. The molecule has 0 unspecified atom stereocenters. The molecule has 0 saturated carbocycles. The Hall–Kier alpha value is -1.48. The second-order valence-electron chi connectivity index (χ2n) is 6.08. The first-order valence-corrected chi connectivity index (χ1v) is 8.14. The molecule has 2 atom stereocenters. The van der Waals surface area contributed by atoms with Crippen LogP contribution in [0.1, 0.15) is 30.5 Å². The van der Waals surface area contributed by atoms with Crippen molar-refractivity contribution < 1.29 is 9.47 Å². The summed E-state index contributed by atoms with van der Waals surface area (Å²) in [6, 6.07) is 5.85. The van der Waals surface area contributed by atoms with Crippen LogP contribution >= 0.6 is 0 Å². The van der Waals surface area contributed by atoms with Crippen molar-refractivity contribution in [3.8, 4) is 6.07 Å². The standard InChI is InChI=1S/C17H23N3O2/c18-11-14-2-3-15(19-12-14)10-16-4-5-17(22-16)13-20-6-1-8-21-9-7-20/h2-3,12,16-17H,1,4-10,13H2/t16-,17+/m0/s1. The molecule has 22 heavy (non-hydrogen) atoms. The maximum atomic E-state index is 8.79. The minimum absolute atomic E-state index is 0.258. The number of hydrogen-bond acceptors (Lipinski definition) is 5. The van der Waals surface area contributed by atoms with E-state index in [4.69, 9.17) is 14.7 Å². The largest absolute Gasteiger partial charge is 0.380 e. The first kappa shape index (κ1) is 15.4. The molecule has 0 bridgehead atoms. The Labute approximate surface area is 131 Å². The van der Waals surface area contributed by atoms with Crippen LogP contribution in [0.2, 0.25) is 0 Å². The highest BCUT2D eigenvalue weighted by Crippen LogP contribution is 2.23. The van der Waals surface area contributed by atoms with Gasteiger partial charge in [0.25, 0.3) is 0 Å². The molecule has 118 valence electrons. The molecule has 0 spiro atoms. The van der Waals surface area contributed by atoms with E-state index in [1.807, 2.05) is 12.1 Å². The number of ether oxygens (including phenoxy) is 2. The number of rotatable bonds is 4. The summed E-state index contributed by atoms with van der Waals surface area (Å²) in [6.45, 7) is 4.87. The van der Waals surface area contributed by atoms with Crippen LogP contribution in [0.5, 0.6) is 0 Å². The molecule has 5 heteroatoms. The smallest absolute Gasteiger partial charge is 0.101 e. The summed E-state index contributed by atoms with van der Waals surface area (Å²) in [6.07, 6.45) is 6.40.